The summed E-state index contributed by atoms with van der Waals surface area (Å²) in [5.41, 5.74) is -0.694. The Kier molecular flexibility index (Phi) is 4.61. The Hall–Kier alpha value is -3.01. The fourth-order valence-corrected chi connectivity index (χ4v) is 2.78. The van der Waals surface area contributed by atoms with Crippen LogP contribution in [0.1, 0.15) is 15.4 Å². The summed E-state index contributed by atoms with van der Waals surface area (Å²) in [4.78, 5) is 15.6. The van der Waals surface area contributed by atoms with Gasteiger partial charge in [0.1, 0.15) is 16.4 Å². The van der Waals surface area contributed by atoms with Gasteiger partial charge in [0.25, 0.3) is 5.91 Å². The minimum Gasteiger partial charge on any atom is -0.505 e. The van der Waals surface area contributed by atoms with Crippen molar-refractivity contribution in [1.29, 1.82) is 0 Å². The molecule has 2 N–H and O–H groups in total. The molecule has 3 aromatic rings. The first kappa shape index (κ1) is 16.8. The van der Waals surface area contributed by atoms with Crippen molar-refractivity contribution in [3.63, 3.8) is 0 Å². The van der Waals surface area contributed by atoms with E-state index in [9.17, 15) is 23.1 Å². The average molecular weight is 366 g/mol. The maximum Gasteiger partial charge on any atom is 0.257 e. The van der Waals surface area contributed by atoms with Gasteiger partial charge in [-0.2, -0.15) is 0 Å². The highest BCUT2D eigenvalue weighted by molar-refractivity contribution is 7.14. The molecule has 0 bridgehead atoms. The van der Waals surface area contributed by atoms with Gasteiger partial charge in [0, 0.05) is 6.20 Å². The van der Waals surface area contributed by atoms with E-state index in [-0.39, 0.29) is 17.1 Å². The van der Waals surface area contributed by atoms with Crippen LogP contribution in [0.15, 0.2) is 30.6 Å². The molecular formula is C15H9F3N4O2S. The first-order valence-corrected chi connectivity index (χ1v) is 7.66. The summed E-state index contributed by atoms with van der Waals surface area (Å²) < 4.78 is 40.9. The lowest BCUT2D eigenvalue weighted by atomic mass is 10.1. The molecule has 0 spiro atoms. The van der Waals surface area contributed by atoms with Gasteiger partial charge in [-0.25, -0.2) is 13.2 Å². The second-order valence-electron chi connectivity index (χ2n) is 4.79. The third-order valence-electron chi connectivity index (χ3n) is 3.17. The van der Waals surface area contributed by atoms with E-state index < -0.39 is 34.7 Å². The highest BCUT2D eigenvalue weighted by Crippen LogP contribution is 2.25. The maximum absolute atomic E-state index is 13.7. The molecule has 0 saturated heterocycles. The van der Waals surface area contributed by atoms with Crippen molar-refractivity contribution < 1.29 is 23.1 Å². The normalized spacial score (nSPS) is 10.7. The molecule has 2 heterocycles. The van der Waals surface area contributed by atoms with Crippen LogP contribution in [-0.4, -0.2) is 26.2 Å². The molecule has 0 saturated carbocycles. The fraction of sp³-hybridized carbons (Fsp3) is 0.0667. The fourth-order valence-electron chi connectivity index (χ4n) is 1.98. The van der Waals surface area contributed by atoms with Crippen molar-refractivity contribution in [3.05, 3.63) is 58.6 Å². The number of benzene rings is 1. The van der Waals surface area contributed by atoms with Crippen LogP contribution in [0, 0.1) is 17.5 Å². The Balaban J connectivity index is 1.74. The lowest BCUT2D eigenvalue weighted by molar-refractivity contribution is 0.0941. The Morgan fingerprint density at radius 2 is 1.96 bits per heavy atom. The topological polar surface area (TPSA) is 88.0 Å². The monoisotopic (exact) mass is 366 g/mol. The molecule has 6 nitrogen and oxygen atoms in total. The summed E-state index contributed by atoms with van der Waals surface area (Å²) in [5, 5.41) is 19.7. The number of aromatic nitrogens is 3. The zero-order valence-electron chi connectivity index (χ0n) is 12.3. The van der Waals surface area contributed by atoms with E-state index in [0.29, 0.717) is 5.01 Å². The van der Waals surface area contributed by atoms with Gasteiger partial charge in [-0.3, -0.25) is 9.78 Å². The van der Waals surface area contributed by atoms with Crippen molar-refractivity contribution in [2.24, 2.45) is 0 Å². The molecule has 0 unspecified atom stereocenters. The number of amides is 1. The van der Waals surface area contributed by atoms with E-state index in [1.807, 2.05) is 0 Å². The minimum atomic E-state index is -1.35. The van der Waals surface area contributed by atoms with Gasteiger partial charge in [0.05, 0.1) is 18.3 Å². The number of hydrogen-bond acceptors (Lipinski definition) is 6. The van der Waals surface area contributed by atoms with Gasteiger partial charge in [-0.05, 0) is 18.2 Å². The molecule has 0 aliphatic carbocycles. The zero-order valence-corrected chi connectivity index (χ0v) is 13.1. The molecule has 0 aliphatic heterocycles. The number of aromatic hydroxyl groups is 1. The Morgan fingerprint density at radius 3 is 2.72 bits per heavy atom. The first-order chi connectivity index (χ1) is 12.0. The van der Waals surface area contributed by atoms with Crippen LogP contribution in [-0.2, 0) is 6.54 Å². The van der Waals surface area contributed by atoms with E-state index in [2.05, 4.69) is 20.5 Å². The second-order valence-corrected chi connectivity index (χ2v) is 5.86. The van der Waals surface area contributed by atoms with E-state index >= 15 is 0 Å². The molecule has 1 aromatic carbocycles. The molecular weight excluding hydrogens is 357 g/mol. The maximum atomic E-state index is 13.7. The number of rotatable bonds is 4. The van der Waals surface area contributed by atoms with Crippen molar-refractivity contribution in [2.45, 2.75) is 6.54 Å². The van der Waals surface area contributed by atoms with Crippen molar-refractivity contribution >= 4 is 17.2 Å². The zero-order chi connectivity index (χ0) is 18.0. The molecule has 2 aromatic heterocycles. The van der Waals surface area contributed by atoms with Crippen molar-refractivity contribution in [2.75, 3.05) is 0 Å². The molecule has 0 atom stereocenters. The summed E-state index contributed by atoms with van der Waals surface area (Å²) in [5.74, 6) is -4.92. The van der Waals surface area contributed by atoms with Gasteiger partial charge in [0.15, 0.2) is 22.4 Å². The summed E-state index contributed by atoms with van der Waals surface area (Å²) >= 11 is 1.01. The number of carbonyl (C=O) groups is 1. The molecule has 1 amide bonds. The number of hydrogen-bond donors (Lipinski definition) is 2. The second kappa shape index (κ2) is 6.85. The third-order valence-corrected chi connectivity index (χ3v) is 4.12. The summed E-state index contributed by atoms with van der Waals surface area (Å²) in [6.07, 6.45) is 2.43. The van der Waals surface area contributed by atoms with Crippen molar-refractivity contribution in [3.8, 4) is 16.3 Å². The lowest BCUT2D eigenvalue weighted by Crippen LogP contribution is -2.25. The van der Waals surface area contributed by atoms with E-state index in [1.165, 1.54) is 12.3 Å². The molecule has 0 fully saturated rings. The van der Waals surface area contributed by atoms with Gasteiger partial charge in [-0.1, -0.05) is 11.3 Å². The van der Waals surface area contributed by atoms with E-state index in [0.717, 1.165) is 29.7 Å². The van der Waals surface area contributed by atoms with Crippen LogP contribution in [0.4, 0.5) is 13.2 Å². The third kappa shape index (κ3) is 3.43. The van der Waals surface area contributed by atoms with Crippen molar-refractivity contribution in [1.82, 2.24) is 20.5 Å². The average Bonchev–Trinajstić information content (AvgIpc) is 3.06. The molecule has 128 valence electrons. The van der Waals surface area contributed by atoms with Gasteiger partial charge in [0.2, 0.25) is 0 Å². The summed E-state index contributed by atoms with van der Waals surface area (Å²) in [7, 11) is 0. The number of halogens is 3. The van der Waals surface area contributed by atoms with Crippen LogP contribution < -0.4 is 5.32 Å². The van der Waals surface area contributed by atoms with Crippen LogP contribution in [0.5, 0.6) is 5.75 Å². The number of nitrogens with zero attached hydrogens (tertiary/aromatic N) is 3. The summed E-state index contributed by atoms with van der Waals surface area (Å²) in [6.45, 7) is -0.169. The SMILES string of the molecule is O=C(NCc1nnc(-c2ccncc2F)s1)c1c(F)ccc(O)c1F. The molecule has 0 aliphatic rings. The smallest absolute Gasteiger partial charge is 0.257 e. The van der Waals surface area contributed by atoms with Gasteiger partial charge in [-0.15, -0.1) is 10.2 Å². The number of pyridine rings is 1. The number of carbonyl (C=O) groups excluding carboxylic acids is 1. The minimum absolute atomic E-state index is 0.169. The van der Waals surface area contributed by atoms with Gasteiger partial charge >= 0.3 is 0 Å². The van der Waals surface area contributed by atoms with Crippen LogP contribution >= 0.6 is 11.3 Å². The standard InChI is InChI=1S/C15H9F3N4O2S/c16-8-1-2-10(23)13(18)12(8)14(24)20-6-11-21-22-15(25-11)7-3-4-19-5-9(7)17/h1-5,23H,6H2,(H,20,24). The molecule has 0 radical (unpaired) electrons. The highest BCUT2D eigenvalue weighted by atomic mass is 32.1. The lowest BCUT2D eigenvalue weighted by Gasteiger charge is -2.06. The number of phenols is 1. The van der Waals surface area contributed by atoms with Crippen LogP contribution in [0.3, 0.4) is 0 Å². The molecule has 10 heteroatoms. The van der Waals surface area contributed by atoms with E-state index in [1.54, 1.807) is 0 Å². The predicted molar refractivity (Wildman–Crippen MR) is 82.3 cm³/mol. The largest absolute Gasteiger partial charge is 0.505 e. The van der Waals surface area contributed by atoms with E-state index in [4.69, 9.17) is 0 Å². The quantitative estimate of drug-likeness (QED) is 0.741. The summed E-state index contributed by atoms with van der Waals surface area (Å²) in [6, 6.07) is 3.01. The highest BCUT2D eigenvalue weighted by Gasteiger charge is 2.21. The number of phenolic OH excluding ortho intramolecular Hbond substituents is 1. The first-order valence-electron chi connectivity index (χ1n) is 6.85. The Morgan fingerprint density at radius 1 is 1.16 bits per heavy atom. The molecule has 3 rings (SSSR count). The molecule has 25 heavy (non-hydrogen) atoms. The number of nitrogens with one attached hydrogen (secondary N) is 1. The Bertz CT molecular complexity index is 948. The Labute approximate surface area is 143 Å². The van der Waals surface area contributed by atoms with Crippen LogP contribution in [0.25, 0.3) is 10.6 Å². The van der Waals surface area contributed by atoms with Crippen LogP contribution in [0.2, 0.25) is 0 Å². The predicted octanol–water partition coefficient (Wildman–Crippen LogP) is 2.65. The van der Waals surface area contributed by atoms with Gasteiger partial charge < -0.3 is 10.4 Å².